The van der Waals surface area contributed by atoms with Crippen molar-refractivity contribution in [2.45, 2.75) is 33.7 Å². The van der Waals surface area contributed by atoms with Crippen molar-refractivity contribution >= 4 is 11.3 Å². The third-order valence-corrected chi connectivity index (χ3v) is 3.42. The van der Waals surface area contributed by atoms with E-state index in [4.69, 9.17) is 5.26 Å². The molecule has 0 saturated carbocycles. The Labute approximate surface area is 95.9 Å². The van der Waals surface area contributed by atoms with Gasteiger partial charge in [-0.3, -0.25) is 0 Å². The molecule has 0 bridgehead atoms. The molecule has 1 N–H and O–H groups in total. The van der Waals surface area contributed by atoms with Crippen molar-refractivity contribution in [3.8, 4) is 6.07 Å². The molecule has 1 heterocycles. The van der Waals surface area contributed by atoms with Gasteiger partial charge in [0.1, 0.15) is 0 Å². The quantitative estimate of drug-likeness (QED) is 0.777. The lowest BCUT2D eigenvalue weighted by molar-refractivity contribution is 0.432. The maximum absolute atomic E-state index is 8.85. The van der Waals surface area contributed by atoms with Crippen LogP contribution in [0.5, 0.6) is 0 Å². The van der Waals surface area contributed by atoms with Crippen molar-refractivity contribution in [1.29, 1.82) is 5.26 Å². The van der Waals surface area contributed by atoms with Crippen molar-refractivity contribution in [3.05, 3.63) is 21.9 Å². The number of rotatable bonds is 5. The molecule has 82 valence electrons. The zero-order chi connectivity index (χ0) is 11.3. The lowest BCUT2D eigenvalue weighted by Crippen LogP contribution is -2.21. The van der Waals surface area contributed by atoms with E-state index in [1.807, 2.05) is 13.8 Å². The van der Waals surface area contributed by atoms with E-state index in [1.54, 1.807) is 11.3 Å². The van der Waals surface area contributed by atoms with Crippen LogP contribution in [-0.2, 0) is 6.54 Å². The third-order valence-electron chi connectivity index (χ3n) is 2.51. The molecule has 0 spiro atoms. The Bertz CT molecular complexity index is 347. The lowest BCUT2D eigenvalue weighted by atomic mass is 9.91. The minimum atomic E-state index is -0.212. The lowest BCUT2D eigenvalue weighted by Gasteiger charge is -2.14. The minimum absolute atomic E-state index is 0.212. The highest BCUT2D eigenvalue weighted by Crippen LogP contribution is 2.17. The van der Waals surface area contributed by atoms with Crippen LogP contribution in [0.25, 0.3) is 0 Å². The Morgan fingerprint density at radius 3 is 2.73 bits per heavy atom. The summed E-state index contributed by atoms with van der Waals surface area (Å²) in [5.74, 6) is 0. The van der Waals surface area contributed by atoms with Crippen LogP contribution in [-0.4, -0.2) is 6.54 Å². The van der Waals surface area contributed by atoms with Crippen LogP contribution in [0.2, 0.25) is 0 Å². The van der Waals surface area contributed by atoms with E-state index in [0.717, 1.165) is 19.5 Å². The van der Waals surface area contributed by atoms with E-state index in [9.17, 15) is 0 Å². The molecule has 1 aromatic rings. The largest absolute Gasteiger partial charge is 0.313 e. The molecule has 0 radical (unpaired) electrons. The van der Waals surface area contributed by atoms with Gasteiger partial charge in [0.25, 0.3) is 0 Å². The van der Waals surface area contributed by atoms with Crippen molar-refractivity contribution in [3.63, 3.8) is 0 Å². The zero-order valence-corrected chi connectivity index (χ0v) is 10.4. The fraction of sp³-hybridized carbons (Fsp3) is 0.583. The highest BCUT2D eigenvalue weighted by atomic mass is 32.1. The molecule has 0 amide bonds. The molecular formula is C12H18N2S. The smallest absolute Gasteiger partial charge is 0.0684 e. The molecule has 1 rings (SSSR count). The minimum Gasteiger partial charge on any atom is -0.313 e. The molecule has 15 heavy (non-hydrogen) atoms. The van der Waals surface area contributed by atoms with Gasteiger partial charge in [-0.1, -0.05) is 0 Å². The first-order valence-electron chi connectivity index (χ1n) is 5.19. The van der Waals surface area contributed by atoms with Gasteiger partial charge in [-0.2, -0.15) is 16.6 Å². The van der Waals surface area contributed by atoms with E-state index in [2.05, 4.69) is 29.1 Å². The van der Waals surface area contributed by atoms with Gasteiger partial charge in [0.05, 0.1) is 11.5 Å². The summed E-state index contributed by atoms with van der Waals surface area (Å²) in [4.78, 5) is 0. The number of hydrogen-bond acceptors (Lipinski definition) is 3. The predicted molar refractivity (Wildman–Crippen MR) is 64.8 cm³/mol. The second-order valence-electron chi connectivity index (χ2n) is 4.50. The van der Waals surface area contributed by atoms with Crippen molar-refractivity contribution in [1.82, 2.24) is 5.32 Å². The van der Waals surface area contributed by atoms with Gasteiger partial charge < -0.3 is 5.32 Å². The summed E-state index contributed by atoms with van der Waals surface area (Å²) in [5, 5.41) is 16.6. The first-order chi connectivity index (χ1) is 7.05. The maximum atomic E-state index is 8.85. The number of hydrogen-bond donors (Lipinski definition) is 1. The molecule has 0 aliphatic rings. The third kappa shape index (κ3) is 4.03. The predicted octanol–water partition coefficient (Wildman–Crippen LogP) is 3.09. The summed E-state index contributed by atoms with van der Waals surface area (Å²) in [5.41, 5.74) is 2.51. The van der Waals surface area contributed by atoms with Crippen LogP contribution < -0.4 is 5.32 Å². The summed E-state index contributed by atoms with van der Waals surface area (Å²) in [7, 11) is 0. The number of nitriles is 1. The molecule has 0 saturated heterocycles. The molecule has 0 aromatic carbocycles. The highest BCUT2D eigenvalue weighted by Gasteiger charge is 2.15. The Kier molecular flexibility index (Phi) is 4.31. The Hall–Kier alpha value is -0.850. The summed E-state index contributed by atoms with van der Waals surface area (Å²) in [6.07, 6.45) is 0.896. The molecule has 2 nitrogen and oxygen atoms in total. The average molecular weight is 222 g/mol. The van der Waals surface area contributed by atoms with Crippen LogP contribution in [0.15, 0.2) is 10.8 Å². The van der Waals surface area contributed by atoms with E-state index in [0.29, 0.717) is 0 Å². The summed E-state index contributed by atoms with van der Waals surface area (Å²) >= 11 is 1.74. The summed E-state index contributed by atoms with van der Waals surface area (Å²) in [6, 6.07) is 2.31. The van der Waals surface area contributed by atoms with E-state index < -0.39 is 0 Å². The Morgan fingerprint density at radius 1 is 1.47 bits per heavy atom. The standard InChI is InChI=1S/C12H18N2S/c1-10-7-15-8-11(10)6-14-5-4-12(2,3)9-13/h7-8,14H,4-6H2,1-3H3. The number of nitrogens with zero attached hydrogens (tertiary/aromatic N) is 1. The number of thiophene rings is 1. The molecule has 1 aromatic heterocycles. The zero-order valence-electron chi connectivity index (χ0n) is 9.63. The fourth-order valence-electron chi connectivity index (χ4n) is 1.25. The van der Waals surface area contributed by atoms with Gasteiger partial charge >= 0.3 is 0 Å². The van der Waals surface area contributed by atoms with Gasteiger partial charge in [-0.15, -0.1) is 0 Å². The monoisotopic (exact) mass is 222 g/mol. The van der Waals surface area contributed by atoms with E-state index in [1.165, 1.54) is 11.1 Å². The topological polar surface area (TPSA) is 35.8 Å². The SMILES string of the molecule is Cc1cscc1CNCCC(C)(C)C#N. The maximum Gasteiger partial charge on any atom is 0.0684 e. The molecule has 0 aliphatic carbocycles. The molecule has 0 atom stereocenters. The van der Waals surface area contributed by atoms with Crippen LogP contribution in [0.4, 0.5) is 0 Å². The van der Waals surface area contributed by atoms with Gasteiger partial charge in [0.2, 0.25) is 0 Å². The summed E-state index contributed by atoms with van der Waals surface area (Å²) < 4.78 is 0. The van der Waals surface area contributed by atoms with E-state index >= 15 is 0 Å². The average Bonchev–Trinajstić information content (AvgIpc) is 2.59. The molecule has 3 heteroatoms. The van der Waals surface area contributed by atoms with Crippen LogP contribution in [0.3, 0.4) is 0 Å². The molecule has 0 fully saturated rings. The second-order valence-corrected chi connectivity index (χ2v) is 5.25. The normalized spacial score (nSPS) is 11.3. The molecular weight excluding hydrogens is 204 g/mol. The van der Waals surface area contributed by atoms with Crippen LogP contribution >= 0.6 is 11.3 Å². The number of aryl methyl sites for hydroxylation is 1. The van der Waals surface area contributed by atoms with Crippen molar-refractivity contribution in [2.24, 2.45) is 5.41 Å². The van der Waals surface area contributed by atoms with Gasteiger partial charge in [-0.05, 0) is 55.6 Å². The van der Waals surface area contributed by atoms with E-state index in [-0.39, 0.29) is 5.41 Å². The van der Waals surface area contributed by atoms with Crippen LogP contribution in [0.1, 0.15) is 31.4 Å². The van der Waals surface area contributed by atoms with Gasteiger partial charge in [-0.25, -0.2) is 0 Å². The van der Waals surface area contributed by atoms with Gasteiger partial charge in [0, 0.05) is 6.54 Å². The Balaban J connectivity index is 2.24. The first-order valence-corrected chi connectivity index (χ1v) is 6.13. The molecule has 0 unspecified atom stereocenters. The van der Waals surface area contributed by atoms with Crippen molar-refractivity contribution in [2.75, 3.05) is 6.54 Å². The van der Waals surface area contributed by atoms with Crippen LogP contribution in [0, 0.1) is 23.7 Å². The molecule has 0 aliphatic heterocycles. The highest BCUT2D eigenvalue weighted by molar-refractivity contribution is 7.08. The summed E-state index contributed by atoms with van der Waals surface area (Å²) in [6.45, 7) is 7.90. The number of nitrogens with one attached hydrogen (secondary N) is 1. The Morgan fingerprint density at radius 2 is 2.20 bits per heavy atom. The van der Waals surface area contributed by atoms with Crippen molar-refractivity contribution < 1.29 is 0 Å². The second kappa shape index (κ2) is 5.29. The van der Waals surface area contributed by atoms with Gasteiger partial charge in [0.15, 0.2) is 0 Å². The fourth-order valence-corrected chi connectivity index (χ4v) is 2.10. The first kappa shape index (κ1) is 12.2.